The molecule has 1 aliphatic rings. The van der Waals surface area contributed by atoms with E-state index in [1.54, 1.807) is 44.5 Å². The molecule has 0 aliphatic carbocycles. The molecule has 2 amide bonds. The van der Waals surface area contributed by atoms with Crippen LogP contribution in [0.2, 0.25) is 0 Å². The van der Waals surface area contributed by atoms with Crippen LogP contribution in [0.1, 0.15) is 39.0 Å². The Bertz CT molecular complexity index is 1260. The molecule has 1 N–H and O–H groups in total. The fraction of sp³-hybridized carbons (Fsp3) is 0.259. The fourth-order valence-electron chi connectivity index (χ4n) is 4.58. The third-order valence-electron chi connectivity index (χ3n) is 6.33. The number of nitrogens with zero attached hydrogens (tertiary/aromatic N) is 1. The van der Waals surface area contributed by atoms with Crippen molar-refractivity contribution in [1.82, 2.24) is 10.2 Å². The molecule has 3 aromatic rings. The van der Waals surface area contributed by atoms with Crippen LogP contribution < -0.4 is 19.5 Å². The number of fused-ring (bicyclic) bond motifs is 1. The molecule has 0 unspecified atom stereocenters. The summed E-state index contributed by atoms with van der Waals surface area (Å²) >= 11 is 0. The summed E-state index contributed by atoms with van der Waals surface area (Å²) in [5, 5.41) is 2.95. The van der Waals surface area contributed by atoms with E-state index in [2.05, 4.69) is 5.32 Å². The van der Waals surface area contributed by atoms with Crippen molar-refractivity contribution in [3.05, 3.63) is 88.7 Å². The Balaban J connectivity index is 1.82. The lowest BCUT2D eigenvalue weighted by Crippen LogP contribution is -2.45. The van der Waals surface area contributed by atoms with E-state index in [-0.39, 0.29) is 23.9 Å². The Morgan fingerprint density at radius 3 is 2.23 bits per heavy atom. The Hall–Kier alpha value is -4.07. The van der Waals surface area contributed by atoms with Crippen LogP contribution >= 0.6 is 0 Å². The molecule has 35 heavy (non-hydrogen) atoms. The number of halogens is 1. The number of carbonyl (C=O) groups excluding carboxylic acids is 2. The maximum absolute atomic E-state index is 15.0. The van der Waals surface area contributed by atoms with E-state index >= 15 is 0 Å². The van der Waals surface area contributed by atoms with Crippen LogP contribution in [-0.4, -0.2) is 45.1 Å². The highest BCUT2D eigenvalue weighted by Gasteiger charge is 2.44. The smallest absolute Gasteiger partial charge is 0.254 e. The Kier molecular flexibility index (Phi) is 6.91. The van der Waals surface area contributed by atoms with Crippen LogP contribution in [0.5, 0.6) is 17.2 Å². The van der Waals surface area contributed by atoms with E-state index in [0.717, 1.165) is 5.56 Å². The van der Waals surface area contributed by atoms with Gasteiger partial charge in [0.2, 0.25) is 5.91 Å². The molecular weight excluding hydrogens is 451 g/mol. The van der Waals surface area contributed by atoms with Gasteiger partial charge in [-0.15, -0.1) is 0 Å². The number of para-hydroxylation sites is 1. The molecule has 1 heterocycles. The predicted molar refractivity (Wildman–Crippen MR) is 128 cm³/mol. The third kappa shape index (κ3) is 4.39. The van der Waals surface area contributed by atoms with Crippen LogP contribution in [0.4, 0.5) is 4.39 Å². The molecule has 0 spiro atoms. The fourth-order valence-corrected chi connectivity index (χ4v) is 4.58. The lowest BCUT2D eigenvalue weighted by molar-refractivity contribution is -0.124. The number of likely N-dealkylation sites (N-methyl/N-ethyl adjacent to an activating group) is 1. The summed E-state index contributed by atoms with van der Waals surface area (Å²) in [4.78, 5) is 28.5. The highest BCUT2D eigenvalue weighted by molar-refractivity contribution is 6.02. The van der Waals surface area contributed by atoms with Gasteiger partial charge >= 0.3 is 0 Å². The first kappa shape index (κ1) is 24.1. The molecule has 0 fully saturated rings. The summed E-state index contributed by atoms with van der Waals surface area (Å²) in [6.45, 7) is 0.198. The lowest BCUT2D eigenvalue weighted by atomic mass is 9.79. The summed E-state index contributed by atoms with van der Waals surface area (Å²) < 4.78 is 31.2. The standard InChI is InChI=1S/C27H27FN2O5/c1-30-25(17-10-6-7-11-20(17)28)24(26(31)29-15-16-9-5-8-12-21(16)33-2)18-13-22(34-3)23(35-4)14-19(18)27(30)32/h5-14,24-25H,15H2,1-4H3,(H,29,31)/t24-,25+/m1/s1. The van der Waals surface area contributed by atoms with Crippen LogP contribution in [0, 0.1) is 5.82 Å². The van der Waals surface area contributed by atoms with E-state index < -0.39 is 17.8 Å². The van der Waals surface area contributed by atoms with Crippen molar-refractivity contribution < 1.29 is 28.2 Å². The van der Waals surface area contributed by atoms with Crippen molar-refractivity contribution in [3.8, 4) is 17.2 Å². The molecule has 0 radical (unpaired) electrons. The highest BCUT2D eigenvalue weighted by Crippen LogP contribution is 2.46. The Morgan fingerprint density at radius 2 is 1.54 bits per heavy atom. The summed E-state index contributed by atoms with van der Waals surface area (Å²) in [5.41, 5.74) is 1.78. The maximum atomic E-state index is 15.0. The molecule has 1 aliphatic heterocycles. The van der Waals surface area contributed by atoms with Crippen molar-refractivity contribution in [2.45, 2.75) is 18.5 Å². The van der Waals surface area contributed by atoms with Crippen LogP contribution in [0.25, 0.3) is 0 Å². The average molecular weight is 479 g/mol. The van der Waals surface area contributed by atoms with Crippen molar-refractivity contribution >= 4 is 11.8 Å². The van der Waals surface area contributed by atoms with Gasteiger partial charge in [0.25, 0.3) is 5.91 Å². The van der Waals surface area contributed by atoms with Gasteiger partial charge in [0.15, 0.2) is 11.5 Å². The van der Waals surface area contributed by atoms with Gasteiger partial charge < -0.3 is 24.4 Å². The molecule has 0 saturated carbocycles. The minimum Gasteiger partial charge on any atom is -0.496 e. The lowest BCUT2D eigenvalue weighted by Gasteiger charge is -2.40. The number of amides is 2. The van der Waals surface area contributed by atoms with Crippen LogP contribution in [0.15, 0.2) is 60.7 Å². The molecule has 2 atom stereocenters. The third-order valence-corrected chi connectivity index (χ3v) is 6.33. The van der Waals surface area contributed by atoms with Gasteiger partial charge in [0.1, 0.15) is 11.6 Å². The molecule has 0 saturated heterocycles. The number of carbonyl (C=O) groups is 2. The topological polar surface area (TPSA) is 77.1 Å². The summed E-state index contributed by atoms with van der Waals surface area (Å²) in [5.74, 6) is -0.729. The van der Waals surface area contributed by atoms with E-state index in [9.17, 15) is 14.0 Å². The minimum absolute atomic E-state index is 0.198. The second kappa shape index (κ2) is 10.0. The van der Waals surface area contributed by atoms with Gasteiger partial charge in [-0.1, -0.05) is 36.4 Å². The van der Waals surface area contributed by atoms with E-state index in [4.69, 9.17) is 14.2 Å². The van der Waals surface area contributed by atoms with Crippen molar-refractivity contribution in [2.24, 2.45) is 0 Å². The van der Waals surface area contributed by atoms with Crippen LogP contribution in [-0.2, 0) is 11.3 Å². The molecule has 0 aromatic heterocycles. The first-order chi connectivity index (χ1) is 16.9. The van der Waals surface area contributed by atoms with Gasteiger partial charge in [-0.05, 0) is 29.8 Å². The molecule has 7 nitrogen and oxygen atoms in total. The highest BCUT2D eigenvalue weighted by atomic mass is 19.1. The second-order valence-electron chi connectivity index (χ2n) is 8.18. The number of nitrogens with one attached hydrogen (secondary N) is 1. The predicted octanol–water partition coefficient (Wildman–Crippen LogP) is 4.08. The van der Waals surface area contributed by atoms with Gasteiger partial charge in [-0.25, -0.2) is 4.39 Å². The molecule has 4 rings (SSSR count). The number of rotatable bonds is 7. The normalized spacial score (nSPS) is 16.9. The van der Waals surface area contributed by atoms with Gasteiger partial charge in [-0.3, -0.25) is 9.59 Å². The van der Waals surface area contributed by atoms with Crippen molar-refractivity contribution in [3.63, 3.8) is 0 Å². The minimum atomic E-state index is -0.904. The first-order valence-corrected chi connectivity index (χ1v) is 11.1. The monoisotopic (exact) mass is 478 g/mol. The SMILES string of the molecule is COc1ccccc1CNC(=O)[C@@H]1c2cc(OC)c(OC)cc2C(=O)N(C)[C@H]1c1ccccc1F. The Labute approximate surface area is 203 Å². The molecule has 3 aromatic carbocycles. The number of ether oxygens (including phenoxy) is 3. The first-order valence-electron chi connectivity index (χ1n) is 11.1. The van der Waals surface area contributed by atoms with Crippen molar-refractivity contribution in [2.75, 3.05) is 28.4 Å². The van der Waals surface area contributed by atoms with Gasteiger partial charge in [0.05, 0.1) is 33.3 Å². The zero-order chi connectivity index (χ0) is 25.1. The molecular formula is C27H27FN2O5. The zero-order valence-electron chi connectivity index (χ0n) is 20.0. The average Bonchev–Trinajstić information content (AvgIpc) is 2.89. The quantitative estimate of drug-likeness (QED) is 0.554. The summed E-state index contributed by atoms with van der Waals surface area (Å²) in [7, 11) is 6.08. The van der Waals surface area contributed by atoms with Crippen molar-refractivity contribution in [1.29, 1.82) is 0 Å². The molecule has 0 bridgehead atoms. The second-order valence-corrected chi connectivity index (χ2v) is 8.18. The number of hydrogen-bond acceptors (Lipinski definition) is 5. The summed E-state index contributed by atoms with van der Waals surface area (Å²) in [6.07, 6.45) is 0. The van der Waals surface area contributed by atoms with E-state index in [1.807, 2.05) is 24.3 Å². The Morgan fingerprint density at radius 1 is 0.914 bits per heavy atom. The largest absolute Gasteiger partial charge is 0.496 e. The maximum Gasteiger partial charge on any atom is 0.254 e. The number of benzene rings is 3. The van der Waals surface area contributed by atoms with Gasteiger partial charge in [0, 0.05) is 30.3 Å². The zero-order valence-corrected chi connectivity index (χ0v) is 20.0. The molecule has 8 heteroatoms. The van der Waals surface area contributed by atoms with Crippen LogP contribution in [0.3, 0.4) is 0 Å². The summed E-state index contributed by atoms with van der Waals surface area (Å²) in [6, 6.07) is 15.8. The van der Waals surface area contributed by atoms with Gasteiger partial charge in [-0.2, -0.15) is 0 Å². The number of hydrogen-bond donors (Lipinski definition) is 1. The van der Waals surface area contributed by atoms with E-state index in [0.29, 0.717) is 28.4 Å². The number of methoxy groups -OCH3 is 3. The molecule has 182 valence electrons. The van der Waals surface area contributed by atoms with E-state index in [1.165, 1.54) is 25.2 Å².